The van der Waals surface area contributed by atoms with E-state index in [1.54, 1.807) is 22.5 Å². The van der Waals surface area contributed by atoms with Crippen LogP contribution in [-0.4, -0.2) is 20.7 Å². The first kappa shape index (κ1) is 19.4. The third-order valence-electron chi connectivity index (χ3n) is 4.27. The van der Waals surface area contributed by atoms with E-state index in [0.29, 0.717) is 11.1 Å². The van der Waals surface area contributed by atoms with Gasteiger partial charge in [0.25, 0.3) is 5.91 Å². The zero-order valence-corrected chi connectivity index (χ0v) is 16.1. The summed E-state index contributed by atoms with van der Waals surface area (Å²) in [6.45, 7) is 0. The fourth-order valence-corrected chi connectivity index (χ4v) is 3.56. The maximum Gasteiger partial charge on any atom is 0.272 e. The molecule has 1 N–H and O–H groups in total. The average molecular weight is 421 g/mol. The standard InChI is InChI=1S/C21H13F2N5OS/c22-14-6-7-16(17(23)8-14)18(9-24)26-20(29)19-12-30-21(27-19)13-10-25-28(11-13)15-4-2-1-3-5-15/h1-8,10-12,18H,(H,26,29). The Kier molecular flexibility index (Phi) is 5.32. The Hall–Kier alpha value is -3.90. The summed E-state index contributed by atoms with van der Waals surface area (Å²) >= 11 is 1.24. The molecule has 1 amide bonds. The lowest BCUT2D eigenvalue weighted by Crippen LogP contribution is -2.28. The van der Waals surface area contributed by atoms with E-state index in [1.807, 2.05) is 36.4 Å². The van der Waals surface area contributed by atoms with Crippen LogP contribution < -0.4 is 5.32 Å². The molecule has 148 valence electrons. The third kappa shape index (κ3) is 3.94. The molecule has 0 aliphatic heterocycles. The van der Waals surface area contributed by atoms with E-state index in [9.17, 15) is 18.8 Å². The number of nitrogens with one attached hydrogen (secondary N) is 1. The maximum atomic E-state index is 13.9. The molecule has 0 aliphatic rings. The summed E-state index contributed by atoms with van der Waals surface area (Å²) in [6.07, 6.45) is 3.43. The molecule has 1 atom stereocenters. The fourth-order valence-electron chi connectivity index (χ4n) is 2.79. The molecule has 0 bridgehead atoms. The van der Waals surface area contributed by atoms with Crippen LogP contribution in [0, 0.1) is 23.0 Å². The van der Waals surface area contributed by atoms with Gasteiger partial charge in [-0.25, -0.2) is 18.4 Å². The number of halogens is 2. The van der Waals surface area contributed by atoms with Crippen LogP contribution in [0.2, 0.25) is 0 Å². The minimum Gasteiger partial charge on any atom is -0.331 e. The number of hydrogen-bond donors (Lipinski definition) is 1. The van der Waals surface area contributed by atoms with Gasteiger partial charge in [-0.2, -0.15) is 10.4 Å². The van der Waals surface area contributed by atoms with Gasteiger partial charge in [0, 0.05) is 28.8 Å². The second-order valence-electron chi connectivity index (χ2n) is 6.25. The fraction of sp³-hybridized carbons (Fsp3) is 0.0476. The summed E-state index contributed by atoms with van der Waals surface area (Å²) in [5, 5.41) is 18.1. The highest BCUT2D eigenvalue weighted by molar-refractivity contribution is 7.13. The number of amides is 1. The number of para-hydroxylation sites is 1. The Morgan fingerprint density at radius 1 is 1.20 bits per heavy atom. The number of carbonyl (C=O) groups excluding carboxylic acids is 1. The molecule has 2 aromatic heterocycles. The molecule has 0 radical (unpaired) electrons. The summed E-state index contributed by atoms with van der Waals surface area (Å²) < 4.78 is 28.7. The molecule has 2 heterocycles. The zero-order valence-electron chi connectivity index (χ0n) is 15.3. The van der Waals surface area contributed by atoms with Crippen LogP contribution in [0.15, 0.2) is 66.3 Å². The highest BCUT2D eigenvalue weighted by Crippen LogP contribution is 2.25. The van der Waals surface area contributed by atoms with Crippen LogP contribution in [0.3, 0.4) is 0 Å². The summed E-state index contributed by atoms with van der Waals surface area (Å²) in [6, 6.07) is 12.9. The second-order valence-corrected chi connectivity index (χ2v) is 7.11. The number of hydrogen-bond acceptors (Lipinski definition) is 5. The Morgan fingerprint density at radius 3 is 2.73 bits per heavy atom. The van der Waals surface area contributed by atoms with Crippen LogP contribution in [0.25, 0.3) is 16.3 Å². The zero-order chi connectivity index (χ0) is 21.1. The molecular formula is C21H13F2N5OS. The van der Waals surface area contributed by atoms with E-state index in [0.717, 1.165) is 23.4 Å². The van der Waals surface area contributed by atoms with Gasteiger partial charge in [0.05, 0.1) is 18.0 Å². The highest BCUT2D eigenvalue weighted by atomic mass is 32.1. The van der Waals surface area contributed by atoms with Gasteiger partial charge < -0.3 is 5.32 Å². The molecule has 2 aromatic carbocycles. The van der Waals surface area contributed by atoms with Crippen LogP contribution in [0.4, 0.5) is 8.78 Å². The van der Waals surface area contributed by atoms with E-state index >= 15 is 0 Å². The van der Waals surface area contributed by atoms with Crippen molar-refractivity contribution in [1.29, 1.82) is 5.26 Å². The van der Waals surface area contributed by atoms with Crippen LogP contribution in [0.5, 0.6) is 0 Å². The van der Waals surface area contributed by atoms with Crippen LogP contribution in [0.1, 0.15) is 22.1 Å². The van der Waals surface area contributed by atoms with Crippen molar-refractivity contribution in [2.45, 2.75) is 6.04 Å². The van der Waals surface area contributed by atoms with E-state index in [1.165, 1.54) is 11.3 Å². The molecule has 0 saturated heterocycles. The number of carbonyl (C=O) groups is 1. The second kappa shape index (κ2) is 8.23. The number of nitriles is 1. The summed E-state index contributed by atoms with van der Waals surface area (Å²) in [4.78, 5) is 16.8. The lowest BCUT2D eigenvalue weighted by atomic mass is 10.1. The predicted molar refractivity (Wildman–Crippen MR) is 107 cm³/mol. The first-order valence-corrected chi connectivity index (χ1v) is 9.64. The minimum absolute atomic E-state index is 0.0882. The summed E-state index contributed by atoms with van der Waals surface area (Å²) in [7, 11) is 0. The molecule has 0 aliphatic carbocycles. The number of rotatable bonds is 5. The first-order valence-electron chi connectivity index (χ1n) is 8.76. The largest absolute Gasteiger partial charge is 0.331 e. The van der Waals surface area contributed by atoms with Crippen LogP contribution in [-0.2, 0) is 0 Å². The molecule has 4 aromatic rings. The SMILES string of the molecule is N#CC(NC(=O)c1csc(-c2cnn(-c3ccccc3)c2)n1)c1ccc(F)cc1F. The van der Waals surface area contributed by atoms with E-state index in [2.05, 4.69) is 15.4 Å². The van der Waals surface area contributed by atoms with Gasteiger partial charge in [-0.3, -0.25) is 4.79 Å². The van der Waals surface area contributed by atoms with Crippen molar-refractivity contribution in [3.05, 3.63) is 89.2 Å². The molecule has 9 heteroatoms. The van der Waals surface area contributed by atoms with Crippen molar-refractivity contribution in [2.24, 2.45) is 0 Å². The lowest BCUT2D eigenvalue weighted by molar-refractivity contribution is 0.0940. The lowest BCUT2D eigenvalue weighted by Gasteiger charge is -2.11. The number of nitrogens with zero attached hydrogens (tertiary/aromatic N) is 4. The topological polar surface area (TPSA) is 83.6 Å². The maximum absolute atomic E-state index is 13.9. The Balaban J connectivity index is 1.52. The van der Waals surface area contributed by atoms with Crippen molar-refractivity contribution in [3.63, 3.8) is 0 Å². The molecule has 0 fully saturated rings. The quantitative estimate of drug-likeness (QED) is 0.522. The van der Waals surface area contributed by atoms with E-state index < -0.39 is 23.6 Å². The highest BCUT2D eigenvalue weighted by Gasteiger charge is 2.21. The molecule has 30 heavy (non-hydrogen) atoms. The van der Waals surface area contributed by atoms with Gasteiger partial charge >= 0.3 is 0 Å². The van der Waals surface area contributed by atoms with Crippen molar-refractivity contribution >= 4 is 17.2 Å². The monoisotopic (exact) mass is 421 g/mol. The Labute approximate surface area is 174 Å². The molecule has 4 rings (SSSR count). The first-order chi connectivity index (χ1) is 14.5. The smallest absolute Gasteiger partial charge is 0.272 e. The predicted octanol–water partition coefficient (Wildman–Crippen LogP) is 4.27. The summed E-state index contributed by atoms with van der Waals surface area (Å²) in [5.41, 5.74) is 1.58. The molecular weight excluding hydrogens is 408 g/mol. The van der Waals surface area contributed by atoms with E-state index in [4.69, 9.17) is 0 Å². The van der Waals surface area contributed by atoms with Crippen molar-refractivity contribution in [3.8, 4) is 22.3 Å². The number of aromatic nitrogens is 3. The molecule has 0 spiro atoms. The van der Waals surface area contributed by atoms with Crippen molar-refractivity contribution in [2.75, 3.05) is 0 Å². The van der Waals surface area contributed by atoms with Crippen molar-refractivity contribution in [1.82, 2.24) is 20.1 Å². The van der Waals surface area contributed by atoms with Gasteiger partial charge in [-0.1, -0.05) is 24.3 Å². The van der Waals surface area contributed by atoms with Gasteiger partial charge in [-0.05, 0) is 18.2 Å². The molecule has 0 saturated carbocycles. The third-order valence-corrected chi connectivity index (χ3v) is 5.16. The van der Waals surface area contributed by atoms with Crippen LogP contribution >= 0.6 is 11.3 Å². The van der Waals surface area contributed by atoms with Gasteiger partial charge in [0.1, 0.15) is 28.4 Å². The van der Waals surface area contributed by atoms with Gasteiger partial charge in [0.15, 0.2) is 0 Å². The van der Waals surface area contributed by atoms with Gasteiger partial charge in [-0.15, -0.1) is 11.3 Å². The minimum atomic E-state index is -1.27. The summed E-state index contributed by atoms with van der Waals surface area (Å²) in [5.74, 6) is -2.31. The number of benzene rings is 2. The number of thiazole rings is 1. The Morgan fingerprint density at radius 2 is 2.00 bits per heavy atom. The van der Waals surface area contributed by atoms with Gasteiger partial charge in [0.2, 0.25) is 0 Å². The normalized spacial score (nSPS) is 11.6. The Bertz CT molecular complexity index is 1250. The average Bonchev–Trinajstić information content (AvgIpc) is 3.43. The molecule has 6 nitrogen and oxygen atoms in total. The molecule has 1 unspecified atom stereocenters. The van der Waals surface area contributed by atoms with Crippen molar-refractivity contribution < 1.29 is 13.6 Å². The van der Waals surface area contributed by atoms with E-state index in [-0.39, 0.29) is 11.3 Å².